The third-order valence-electron chi connectivity index (χ3n) is 1.51. The quantitative estimate of drug-likeness (QED) is 0.653. The van der Waals surface area contributed by atoms with Crippen molar-refractivity contribution in [1.82, 2.24) is 0 Å². The Hall–Kier alpha value is -0.0800. The summed E-state index contributed by atoms with van der Waals surface area (Å²) in [4.78, 5) is 0. The van der Waals surface area contributed by atoms with Gasteiger partial charge in [0.2, 0.25) is 0 Å². The topological polar surface area (TPSA) is 40.5 Å². The molecule has 2 heteroatoms. The second-order valence-corrected chi connectivity index (χ2v) is 4.66. The molecule has 0 unspecified atom stereocenters. The summed E-state index contributed by atoms with van der Waals surface area (Å²) < 4.78 is 0. The van der Waals surface area contributed by atoms with Gasteiger partial charge in [-0.1, -0.05) is 39.0 Å². The first-order valence-corrected chi connectivity index (χ1v) is 5.75. The van der Waals surface area contributed by atoms with Crippen molar-refractivity contribution in [2.24, 2.45) is 0 Å². The number of hydrogen-bond donors (Lipinski definition) is 2. The molecule has 0 saturated carbocycles. The number of aliphatic hydroxyl groups excluding tert-OH is 1. The van der Waals surface area contributed by atoms with Gasteiger partial charge in [-0.05, 0) is 27.2 Å². The van der Waals surface area contributed by atoms with Crippen molar-refractivity contribution < 1.29 is 10.2 Å². The van der Waals surface area contributed by atoms with E-state index in [9.17, 15) is 0 Å². The van der Waals surface area contributed by atoms with Crippen LogP contribution in [0.3, 0.4) is 0 Å². The summed E-state index contributed by atoms with van der Waals surface area (Å²) in [6.07, 6.45) is 7.50. The van der Waals surface area contributed by atoms with Crippen molar-refractivity contribution in [3.63, 3.8) is 0 Å². The lowest BCUT2D eigenvalue weighted by Gasteiger charge is -2.04. The number of rotatable bonds is 6. The van der Waals surface area contributed by atoms with Gasteiger partial charge in [-0.25, -0.2) is 0 Å². The summed E-state index contributed by atoms with van der Waals surface area (Å²) in [6.45, 7) is 7.81. The fourth-order valence-electron chi connectivity index (χ4n) is 0.892. The molecule has 0 aromatic heterocycles. The number of aliphatic hydroxyl groups is 2. The zero-order valence-corrected chi connectivity index (χ0v) is 10.3. The van der Waals surface area contributed by atoms with E-state index < -0.39 is 5.60 Å². The molecule has 0 rings (SSSR count). The van der Waals surface area contributed by atoms with Crippen molar-refractivity contribution in [3.05, 3.63) is 0 Å². The predicted octanol–water partition coefficient (Wildman–Crippen LogP) is 3.12. The van der Waals surface area contributed by atoms with Gasteiger partial charge in [0.15, 0.2) is 0 Å². The Bertz CT molecular complexity index is 83.0. The average molecular weight is 204 g/mol. The first kappa shape index (κ1) is 16.4. The minimum atomic E-state index is -0.500. The van der Waals surface area contributed by atoms with Crippen LogP contribution in [-0.2, 0) is 0 Å². The van der Waals surface area contributed by atoms with Crippen molar-refractivity contribution in [2.45, 2.75) is 71.8 Å². The van der Waals surface area contributed by atoms with Crippen LogP contribution in [0.4, 0.5) is 0 Å². The lowest BCUT2D eigenvalue weighted by Crippen LogP contribution is -2.10. The minimum absolute atomic E-state index is 0.367. The van der Waals surface area contributed by atoms with E-state index in [1.807, 2.05) is 0 Å². The Morgan fingerprint density at radius 1 is 0.857 bits per heavy atom. The van der Waals surface area contributed by atoms with E-state index in [-0.39, 0.29) is 0 Å². The highest BCUT2D eigenvalue weighted by Gasteiger charge is 1.97. The summed E-state index contributed by atoms with van der Waals surface area (Å²) in [5.74, 6) is 0. The first-order chi connectivity index (χ1) is 6.41. The van der Waals surface area contributed by atoms with Crippen LogP contribution in [0.15, 0.2) is 0 Å². The molecule has 0 fully saturated rings. The molecule has 88 valence electrons. The molecular weight excluding hydrogens is 176 g/mol. The average Bonchev–Trinajstić information content (AvgIpc) is 2.01. The molecule has 0 aromatic carbocycles. The van der Waals surface area contributed by atoms with Crippen molar-refractivity contribution in [3.8, 4) is 0 Å². The van der Waals surface area contributed by atoms with Crippen LogP contribution < -0.4 is 0 Å². The standard InChI is InChI=1S/C8H18O.C4H10O/c1-2-3-4-5-6-7-8-9;1-4(2,3)5/h9H,2-8H2,1H3;5H,1-3H3. The van der Waals surface area contributed by atoms with Crippen LogP contribution in [0, 0.1) is 0 Å². The van der Waals surface area contributed by atoms with Crippen LogP contribution in [-0.4, -0.2) is 22.4 Å². The Balaban J connectivity index is 0. The summed E-state index contributed by atoms with van der Waals surface area (Å²) in [7, 11) is 0. The minimum Gasteiger partial charge on any atom is -0.396 e. The predicted molar refractivity (Wildman–Crippen MR) is 62.4 cm³/mol. The molecule has 0 bridgehead atoms. The molecule has 0 aliphatic rings. The van der Waals surface area contributed by atoms with Crippen LogP contribution in [0.2, 0.25) is 0 Å². The van der Waals surface area contributed by atoms with E-state index in [1.165, 1.54) is 32.1 Å². The SMILES string of the molecule is CC(C)(C)O.CCCCCCCCO. The number of hydrogen-bond acceptors (Lipinski definition) is 2. The largest absolute Gasteiger partial charge is 0.396 e. The van der Waals surface area contributed by atoms with Crippen LogP contribution in [0.5, 0.6) is 0 Å². The highest BCUT2D eigenvalue weighted by molar-refractivity contribution is 4.50. The van der Waals surface area contributed by atoms with Gasteiger partial charge in [0.25, 0.3) is 0 Å². The van der Waals surface area contributed by atoms with E-state index >= 15 is 0 Å². The first-order valence-electron chi connectivity index (χ1n) is 5.75. The zero-order chi connectivity index (χ0) is 11.4. The molecule has 0 atom stereocenters. The molecule has 0 aromatic rings. The van der Waals surface area contributed by atoms with E-state index in [4.69, 9.17) is 10.2 Å². The Morgan fingerprint density at radius 2 is 1.21 bits per heavy atom. The van der Waals surface area contributed by atoms with E-state index in [2.05, 4.69) is 6.92 Å². The Morgan fingerprint density at radius 3 is 1.57 bits per heavy atom. The molecule has 0 spiro atoms. The monoisotopic (exact) mass is 204 g/mol. The fraction of sp³-hybridized carbons (Fsp3) is 1.00. The molecule has 0 aliphatic carbocycles. The lowest BCUT2D eigenvalue weighted by atomic mass is 10.1. The van der Waals surface area contributed by atoms with E-state index in [0.717, 1.165) is 6.42 Å². The van der Waals surface area contributed by atoms with Gasteiger partial charge >= 0.3 is 0 Å². The summed E-state index contributed by atoms with van der Waals surface area (Å²) in [5, 5.41) is 16.9. The summed E-state index contributed by atoms with van der Waals surface area (Å²) in [5.41, 5.74) is -0.500. The van der Waals surface area contributed by atoms with Gasteiger partial charge in [0.1, 0.15) is 0 Å². The molecule has 0 aliphatic heterocycles. The fourth-order valence-corrected chi connectivity index (χ4v) is 0.892. The van der Waals surface area contributed by atoms with Gasteiger partial charge in [0, 0.05) is 6.61 Å². The van der Waals surface area contributed by atoms with Crippen molar-refractivity contribution >= 4 is 0 Å². The van der Waals surface area contributed by atoms with Crippen LogP contribution in [0.1, 0.15) is 66.2 Å². The maximum Gasteiger partial charge on any atom is 0.0563 e. The third-order valence-corrected chi connectivity index (χ3v) is 1.51. The van der Waals surface area contributed by atoms with Gasteiger partial charge in [-0.3, -0.25) is 0 Å². The van der Waals surface area contributed by atoms with Crippen LogP contribution >= 0.6 is 0 Å². The Labute approximate surface area is 89.3 Å². The number of unbranched alkanes of at least 4 members (excludes halogenated alkanes) is 5. The third kappa shape index (κ3) is 40.6. The van der Waals surface area contributed by atoms with Gasteiger partial charge in [0.05, 0.1) is 5.60 Å². The maximum absolute atomic E-state index is 8.52. The van der Waals surface area contributed by atoms with E-state index in [1.54, 1.807) is 20.8 Å². The molecule has 14 heavy (non-hydrogen) atoms. The molecule has 2 nitrogen and oxygen atoms in total. The normalized spacial score (nSPS) is 10.7. The van der Waals surface area contributed by atoms with Crippen molar-refractivity contribution in [2.75, 3.05) is 6.61 Å². The van der Waals surface area contributed by atoms with E-state index in [0.29, 0.717) is 6.61 Å². The highest BCUT2D eigenvalue weighted by atomic mass is 16.3. The maximum atomic E-state index is 8.52. The van der Waals surface area contributed by atoms with Crippen LogP contribution in [0.25, 0.3) is 0 Å². The second kappa shape index (κ2) is 11.0. The van der Waals surface area contributed by atoms with Crippen molar-refractivity contribution in [1.29, 1.82) is 0 Å². The lowest BCUT2D eigenvalue weighted by molar-refractivity contribution is 0.102. The molecule has 0 amide bonds. The Kier molecular flexibility index (Phi) is 12.8. The van der Waals surface area contributed by atoms with Gasteiger partial charge in [-0.15, -0.1) is 0 Å². The zero-order valence-electron chi connectivity index (χ0n) is 10.3. The summed E-state index contributed by atoms with van der Waals surface area (Å²) >= 11 is 0. The summed E-state index contributed by atoms with van der Waals surface area (Å²) in [6, 6.07) is 0. The highest BCUT2D eigenvalue weighted by Crippen LogP contribution is 2.03. The molecular formula is C12H28O2. The van der Waals surface area contributed by atoms with Gasteiger partial charge < -0.3 is 10.2 Å². The second-order valence-electron chi connectivity index (χ2n) is 4.66. The van der Waals surface area contributed by atoms with Gasteiger partial charge in [-0.2, -0.15) is 0 Å². The molecule has 0 radical (unpaired) electrons. The molecule has 0 saturated heterocycles. The molecule has 2 N–H and O–H groups in total. The smallest absolute Gasteiger partial charge is 0.0563 e. The molecule has 0 heterocycles.